The van der Waals surface area contributed by atoms with E-state index in [4.69, 9.17) is 11.6 Å². The predicted octanol–water partition coefficient (Wildman–Crippen LogP) is 4.99. The van der Waals surface area contributed by atoms with Crippen LogP contribution >= 0.6 is 23.4 Å². The smallest absolute Gasteiger partial charge is 0.448 e. The van der Waals surface area contributed by atoms with Crippen molar-refractivity contribution in [1.82, 2.24) is 9.97 Å². The van der Waals surface area contributed by atoms with Gasteiger partial charge in [0.05, 0.1) is 28.2 Å². The standard InChI is InChI=1S/C22H23ClF3N3O5S2/c1-36(32,33)17-7-6-14(9-16(17)23)15(8-13-4-2-3-5-13)20(30)29-18-10-28-19(11-27-18)35-12-34-21(31)22(24,25)26/h6-7,9-11,13,15H,2-5,8,12H2,1H3,(H,27,29,30)/t15-/m1/s1. The van der Waals surface area contributed by atoms with Crippen molar-refractivity contribution >= 4 is 50.9 Å². The fraction of sp³-hybridized carbons (Fsp3) is 0.455. The minimum absolute atomic E-state index is 0.0205. The van der Waals surface area contributed by atoms with Crippen molar-refractivity contribution in [1.29, 1.82) is 0 Å². The number of anilines is 1. The van der Waals surface area contributed by atoms with Gasteiger partial charge in [0.15, 0.2) is 15.7 Å². The van der Waals surface area contributed by atoms with Crippen LogP contribution in [0.4, 0.5) is 19.0 Å². The number of hydrogen-bond acceptors (Lipinski definition) is 8. The number of halogens is 4. The summed E-state index contributed by atoms with van der Waals surface area (Å²) in [6.45, 7) is 0. The SMILES string of the molecule is CS(=O)(=O)c1ccc([C@@H](CC2CCCC2)C(=O)Nc2cnc(SCOC(=O)C(F)(F)F)cn2)cc1Cl. The van der Waals surface area contributed by atoms with Gasteiger partial charge in [-0.05, 0) is 30.0 Å². The monoisotopic (exact) mass is 565 g/mol. The van der Waals surface area contributed by atoms with E-state index in [1.54, 1.807) is 6.07 Å². The van der Waals surface area contributed by atoms with Crippen LogP contribution in [0.1, 0.15) is 43.6 Å². The number of aromatic nitrogens is 2. The first-order valence-electron chi connectivity index (χ1n) is 10.8. The van der Waals surface area contributed by atoms with Gasteiger partial charge in [-0.3, -0.25) is 4.79 Å². The zero-order valence-corrected chi connectivity index (χ0v) is 21.4. The largest absolute Gasteiger partial charge is 0.490 e. The first kappa shape index (κ1) is 28.2. The molecular formula is C22H23ClF3N3O5S2. The van der Waals surface area contributed by atoms with E-state index in [0.717, 1.165) is 43.7 Å². The van der Waals surface area contributed by atoms with E-state index in [9.17, 15) is 31.2 Å². The zero-order chi connectivity index (χ0) is 26.5. The molecule has 3 rings (SSSR count). The van der Waals surface area contributed by atoms with Gasteiger partial charge in [-0.25, -0.2) is 23.2 Å². The van der Waals surface area contributed by atoms with Crippen LogP contribution in [0, 0.1) is 5.92 Å². The lowest BCUT2D eigenvalue weighted by atomic mass is 9.87. The Morgan fingerprint density at radius 1 is 1.22 bits per heavy atom. The first-order chi connectivity index (χ1) is 16.8. The third-order valence-corrected chi connectivity index (χ3v) is 7.95. The van der Waals surface area contributed by atoms with Crippen molar-refractivity contribution in [3.63, 3.8) is 0 Å². The second-order valence-electron chi connectivity index (χ2n) is 8.32. The zero-order valence-electron chi connectivity index (χ0n) is 19.0. The lowest BCUT2D eigenvalue weighted by Gasteiger charge is -2.21. The maximum atomic E-state index is 13.2. The number of rotatable bonds is 9. The molecule has 14 heteroatoms. The second-order valence-corrected chi connectivity index (χ2v) is 11.7. The van der Waals surface area contributed by atoms with E-state index in [-0.39, 0.29) is 26.7 Å². The van der Waals surface area contributed by atoms with Gasteiger partial charge < -0.3 is 10.1 Å². The summed E-state index contributed by atoms with van der Waals surface area (Å²) in [5, 5.41) is 2.91. The van der Waals surface area contributed by atoms with E-state index < -0.39 is 33.8 Å². The van der Waals surface area contributed by atoms with Crippen LogP contribution in [0.5, 0.6) is 0 Å². The Labute approximate surface area is 215 Å². The highest BCUT2D eigenvalue weighted by molar-refractivity contribution is 7.99. The van der Waals surface area contributed by atoms with Crippen LogP contribution in [0.2, 0.25) is 5.02 Å². The van der Waals surface area contributed by atoms with E-state index in [1.165, 1.54) is 24.5 Å². The Bertz CT molecular complexity index is 1200. The molecule has 1 saturated carbocycles. The van der Waals surface area contributed by atoms with Crippen LogP contribution in [-0.2, 0) is 24.2 Å². The normalized spacial score (nSPS) is 15.5. The average Bonchev–Trinajstić information content (AvgIpc) is 3.30. The maximum Gasteiger partial charge on any atom is 0.490 e. The Hall–Kier alpha value is -2.38. The molecule has 1 aromatic heterocycles. The summed E-state index contributed by atoms with van der Waals surface area (Å²) in [5.41, 5.74) is 0.573. The van der Waals surface area contributed by atoms with Crippen molar-refractivity contribution < 1.29 is 35.9 Å². The Balaban J connectivity index is 1.70. The molecule has 1 aliphatic carbocycles. The molecule has 196 valence electrons. The highest BCUT2D eigenvalue weighted by Gasteiger charge is 2.40. The van der Waals surface area contributed by atoms with Crippen molar-refractivity contribution in [2.24, 2.45) is 5.92 Å². The quantitative estimate of drug-likeness (QED) is 0.257. The lowest BCUT2D eigenvalue weighted by molar-refractivity contribution is -0.197. The minimum Gasteiger partial charge on any atom is -0.448 e. The molecule has 2 aromatic rings. The van der Waals surface area contributed by atoms with Gasteiger partial charge in [-0.2, -0.15) is 13.2 Å². The van der Waals surface area contributed by atoms with Crippen molar-refractivity contribution in [2.45, 2.75) is 54.1 Å². The number of carbonyl (C=O) groups is 2. The number of benzene rings is 1. The molecule has 1 heterocycles. The van der Waals surface area contributed by atoms with E-state index in [2.05, 4.69) is 20.0 Å². The summed E-state index contributed by atoms with van der Waals surface area (Å²) in [7, 11) is -3.53. The number of nitrogens with one attached hydrogen (secondary N) is 1. The van der Waals surface area contributed by atoms with Gasteiger partial charge in [0, 0.05) is 6.26 Å². The number of nitrogens with zero attached hydrogens (tertiary/aromatic N) is 2. The third kappa shape index (κ3) is 7.81. The average molecular weight is 566 g/mol. The van der Waals surface area contributed by atoms with E-state index in [0.29, 0.717) is 17.9 Å². The van der Waals surface area contributed by atoms with Gasteiger partial charge in [0.2, 0.25) is 5.91 Å². The Morgan fingerprint density at radius 3 is 2.47 bits per heavy atom. The molecule has 0 radical (unpaired) electrons. The molecule has 0 aliphatic heterocycles. The van der Waals surface area contributed by atoms with Crippen LogP contribution in [-0.4, -0.2) is 48.6 Å². The molecule has 36 heavy (non-hydrogen) atoms. The Kier molecular flexibility index (Phi) is 9.23. The number of ether oxygens (including phenoxy) is 1. The number of amides is 1. The first-order valence-corrected chi connectivity index (χ1v) is 14.1. The molecule has 0 spiro atoms. The fourth-order valence-electron chi connectivity index (χ4n) is 3.90. The second kappa shape index (κ2) is 11.8. The number of alkyl halides is 3. The van der Waals surface area contributed by atoms with Gasteiger partial charge in [-0.1, -0.05) is 55.1 Å². The molecule has 1 aliphatic rings. The van der Waals surface area contributed by atoms with Crippen LogP contribution in [0.15, 0.2) is 40.5 Å². The molecule has 1 N–H and O–H groups in total. The van der Waals surface area contributed by atoms with E-state index in [1.807, 2.05) is 0 Å². The maximum absolute atomic E-state index is 13.2. The molecule has 8 nitrogen and oxygen atoms in total. The molecule has 0 saturated heterocycles. The highest BCUT2D eigenvalue weighted by Crippen LogP contribution is 2.36. The molecule has 1 amide bonds. The number of thioether (sulfide) groups is 1. The number of hydrogen-bond donors (Lipinski definition) is 1. The molecule has 1 atom stereocenters. The summed E-state index contributed by atoms with van der Waals surface area (Å²) in [6.07, 6.45) is 3.12. The summed E-state index contributed by atoms with van der Waals surface area (Å²) in [5.74, 6) is -3.45. The summed E-state index contributed by atoms with van der Waals surface area (Å²) < 4.78 is 64.4. The summed E-state index contributed by atoms with van der Waals surface area (Å²) in [4.78, 5) is 32.0. The van der Waals surface area contributed by atoms with Crippen LogP contribution in [0.3, 0.4) is 0 Å². The molecular weight excluding hydrogens is 543 g/mol. The number of carbonyl (C=O) groups excluding carboxylic acids is 2. The summed E-state index contributed by atoms with van der Waals surface area (Å²) in [6, 6.07) is 4.46. The van der Waals surface area contributed by atoms with Crippen molar-refractivity contribution in [2.75, 3.05) is 17.5 Å². The van der Waals surface area contributed by atoms with Crippen LogP contribution in [0.25, 0.3) is 0 Å². The van der Waals surface area contributed by atoms with Crippen LogP contribution < -0.4 is 5.32 Å². The van der Waals surface area contributed by atoms with Gasteiger partial charge in [0.25, 0.3) is 0 Å². The predicted molar refractivity (Wildman–Crippen MR) is 127 cm³/mol. The highest BCUT2D eigenvalue weighted by atomic mass is 35.5. The minimum atomic E-state index is -5.08. The molecule has 1 aromatic carbocycles. The molecule has 0 bridgehead atoms. The van der Waals surface area contributed by atoms with Crippen molar-refractivity contribution in [3.05, 3.63) is 41.2 Å². The molecule has 1 fully saturated rings. The summed E-state index contributed by atoms with van der Waals surface area (Å²) >= 11 is 6.94. The van der Waals surface area contributed by atoms with Gasteiger partial charge in [0.1, 0.15) is 11.0 Å². The van der Waals surface area contributed by atoms with Gasteiger partial charge in [-0.15, -0.1) is 0 Å². The third-order valence-electron chi connectivity index (χ3n) is 5.63. The lowest BCUT2D eigenvalue weighted by Crippen LogP contribution is -2.25. The molecule has 0 unspecified atom stereocenters. The van der Waals surface area contributed by atoms with Gasteiger partial charge >= 0.3 is 12.1 Å². The van der Waals surface area contributed by atoms with E-state index >= 15 is 0 Å². The number of sulfone groups is 1. The Morgan fingerprint density at radius 2 is 1.92 bits per heavy atom. The number of esters is 1. The fourth-order valence-corrected chi connectivity index (χ4v) is 5.78. The topological polar surface area (TPSA) is 115 Å². The van der Waals surface area contributed by atoms with Crippen molar-refractivity contribution in [3.8, 4) is 0 Å².